The summed E-state index contributed by atoms with van der Waals surface area (Å²) in [5.41, 5.74) is 1.01. The third kappa shape index (κ3) is 3.45. The number of benzene rings is 1. The summed E-state index contributed by atoms with van der Waals surface area (Å²) in [6.07, 6.45) is 9.58. The van der Waals surface area contributed by atoms with E-state index < -0.39 is 0 Å². The van der Waals surface area contributed by atoms with Gasteiger partial charge in [0.05, 0.1) is 30.2 Å². The molecular formula is C19H21N3O2S. The van der Waals surface area contributed by atoms with Gasteiger partial charge in [-0.15, -0.1) is 11.3 Å². The summed E-state index contributed by atoms with van der Waals surface area (Å²) in [6, 6.07) is 7.95. The zero-order valence-corrected chi connectivity index (χ0v) is 15.0. The van der Waals surface area contributed by atoms with Gasteiger partial charge in [0.2, 0.25) is 0 Å². The molecule has 130 valence electrons. The molecule has 1 atom stereocenters. The lowest BCUT2D eigenvalue weighted by Crippen LogP contribution is -2.24. The topological polar surface area (TPSA) is 49.2 Å². The van der Waals surface area contributed by atoms with Crippen LogP contribution in [0.25, 0.3) is 21.3 Å². The van der Waals surface area contributed by atoms with Crippen molar-refractivity contribution in [2.75, 3.05) is 13.7 Å². The predicted molar refractivity (Wildman–Crippen MR) is 98.9 cm³/mol. The molecule has 0 bridgehead atoms. The predicted octanol–water partition coefficient (Wildman–Crippen LogP) is 4.25. The van der Waals surface area contributed by atoms with E-state index >= 15 is 0 Å². The number of methoxy groups -OCH3 is 1. The van der Waals surface area contributed by atoms with Crippen molar-refractivity contribution in [2.24, 2.45) is 0 Å². The molecule has 25 heavy (non-hydrogen) atoms. The van der Waals surface area contributed by atoms with Gasteiger partial charge in [0.1, 0.15) is 10.8 Å². The van der Waals surface area contributed by atoms with Crippen molar-refractivity contribution < 1.29 is 9.47 Å². The number of hydrogen-bond acceptors (Lipinski definition) is 5. The normalized spacial score (nSPS) is 17.6. The summed E-state index contributed by atoms with van der Waals surface area (Å²) >= 11 is 1.63. The van der Waals surface area contributed by atoms with Crippen LogP contribution in [0, 0.1) is 0 Å². The van der Waals surface area contributed by atoms with Crippen molar-refractivity contribution in [1.29, 1.82) is 0 Å². The largest absolute Gasteiger partial charge is 0.496 e. The first-order valence-corrected chi connectivity index (χ1v) is 9.39. The molecule has 4 rings (SSSR count). The van der Waals surface area contributed by atoms with Gasteiger partial charge in [-0.25, -0.2) is 9.97 Å². The van der Waals surface area contributed by atoms with Crippen LogP contribution in [-0.2, 0) is 11.3 Å². The highest BCUT2D eigenvalue weighted by Crippen LogP contribution is 2.36. The Hall–Kier alpha value is -2.18. The number of para-hydroxylation sites is 1. The third-order valence-corrected chi connectivity index (χ3v) is 5.48. The van der Waals surface area contributed by atoms with Crippen molar-refractivity contribution in [3.05, 3.63) is 42.9 Å². The molecular weight excluding hydrogens is 334 g/mol. The Morgan fingerprint density at radius 1 is 1.28 bits per heavy atom. The van der Waals surface area contributed by atoms with E-state index in [4.69, 9.17) is 9.47 Å². The Balaban J connectivity index is 1.59. The van der Waals surface area contributed by atoms with Gasteiger partial charge < -0.3 is 14.0 Å². The molecule has 1 fully saturated rings. The molecule has 3 aromatic rings. The number of hydrogen-bond donors (Lipinski definition) is 0. The lowest BCUT2D eigenvalue weighted by Gasteiger charge is -2.23. The molecule has 0 spiro atoms. The molecule has 0 saturated carbocycles. The maximum Gasteiger partial charge on any atom is 0.151 e. The standard InChI is InChI=1S/C19H21N3O2S/c1-23-16-8-3-2-7-15(16)19-21-12-17(25-19)18-20-9-10-22(18)13-14-6-4-5-11-24-14/h2-3,7-10,12,14H,4-6,11,13H2,1H3. The molecule has 6 heteroatoms. The second-order valence-electron chi connectivity index (χ2n) is 6.12. The summed E-state index contributed by atoms with van der Waals surface area (Å²) in [5.74, 6) is 1.79. The molecule has 1 aromatic carbocycles. The van der Waals surface area contributed by atoms with Crippen LogP contribution in [0.2, 0.25) is 0 Å². The van der Waals surface area contributed by atoms with Gasteiger partial charge >= 0.3 is 0 Å². The SMILES string of the molecule is COc1ccccc1-c1ncc(-c2nccn2CC2CCCCO2)s1. The molecule has 0 N–H and O–H groups in total. The van der Waals surface area contributed by atoms with Gasteiger partial charge in [-0.3, -0.25) is 0 Å². The Kier molecular flexibility index (Phi) is 4.81. The summed E-state index contributed by atoms with van der Waals surface area (Å²) in [6.45, 7) is 1.71. The van der Waals surface area contributed by atoms with Crippen LogP contribution in [0.5, 0.6) is 5.75 Å². The van der Waals surface area contributed by atoms with E-state index in [1.807, 2.05) is 42.9 Å². The van der Waals surface area contributed by atoms with E-state index in [1.165, 1.54) is 12.8 Å². The first kappa shape index (κ1) is 16.3. The average molecular weight is 355 g/mol. The Morgan fingerprint density at radius 3 is 3.04 bits per heavy atom. The fourth-order valence-electron chi connectivity index (χ4n) is 3.18. The fourth-order valence-corrected chi connectivity index (χ4v) is 4.13. The summed E-state index contributed by atoms with van der Waals surface area (Å²) in [7, 11) is 1.68. The number of rotatable bonds is 5. The molecule has 1 aliphatic heterocycles. The first-order valence-electron chi connectivity index (χ1n) is 8.57. The van der Waals surface area contributed by atoms with Crippen LogP contribution in [0.3, 0.4) is 0 Å². The highest BCUT2D eigenvalue weighted by Gasteiger charge is 2.18. The average Bonchev–Trinajstić information content (AvgIpc) is 3.31. The molecule has 1 aliphatic rings. The van der Waals surface area contributed by atoms with E-state index in [9.17, 15) is 0 Å². The van der Waals surface area contributed by atoms with E-state index in [0.29, 0.717) is 0 Å². The molecule has 0 radical (unpaired) electrons. The zero-order valence-electron chi connectivity index (χ0n) is 14.2. The first-order chi connectivity index (χ1) is 12.3. The maximum atomic E-state index is 5.87. The zero-order chi connectivity index (χ0) is 17.1. The van der Waals surface area contributed by atoms with Gasteiger partial charge in [0.25, 0.3) is 0 Å². The van der Waals surface area contributed by atoms with Gasteiger partial charge in [-0.2, -0.15) is 0 Å². The molecule has 1 unspecified atom stereocenters. The summed E-state index contributed by atoms with van der Waals surface area (Å²) in [5, 5.41) is 0.941. The molecule has 0 amide bonds. The number of imidazole rings is 1. The highest BCUT2D eigenvalue weighted by molar-refractivity contribution is 7.18. The summed E-state index contributed by atoms with van der Waals surface area (Å²) < 4.78 is 13.5. The van der Waals surface area contributed by atoms with Crippen LogP contribution in [0.1, 0.15) is 19.3 Å². The monoisotopic (exact) mass is 355 g/mol. The van der Waals surface area contributed by atoms with Crippen LogP contribution >= 0.6 is 11.3 Å². The van der Waals surface area contributed by atoms with E-state index in [0.717, 1.165) is 46.6 Å². The van der Waals surface area contributed by atoms with E-state index in [1.54, 1.807) is 18.4 Å². The molecule has 3 heterocycles. The van der Waals surface area contributed by atoms with Crippen molar-refractivity contribution >= 4 is 11.3 Å². The number of aromatic nitrogens is 3. The van der Waals surface area contributed by atoms with E-state index in [2.05, 4.69) is 14.5 Å². The van der Waals surface area contributed by atoms with Crippen molar-refractivity contribution in [3.63, 3.8) is 0 Å². The second kappa shape index (κ2) is 7.37. The maximum absolute atomic E-state index is 5.87. The molecule has 5 nitrogen and oxygen atoms in total. The van der Waals surface area contributed by atoms with Crippen molar-refractivity contribution in [1.82, 2.24) is 14.5 Å². The number of thiazole rings is 1. The minimum atomic E-state index is 0.281. The smallest absolute Gasteiger partial charge is 0.151 e. The molecule has 0 aliphatic carbocycles. The van der Waals surface area contributed by atoms with Crippen LogP contribution in [0.4, 0.5) is 0 Å². The Bertz CT molecular complexity index is 837. The van der Waals surface area contributed by atoms with E-state index in [-0.39, 0.29) is 6.10 Å². The number of nitrogens with zero attached hydrogens (tertiary/aromatic N) is 3. The van der Waals surface area contributed by atoms with Gasteiger partial charge in [0.15, 0.2) is 5.82 Å². The van der Waals surface area contributed by atoms with Crippen molar-refractivity contribution in [3.8, 4) is 27.0 Å². The lowest BCUT2D eigenvalue weighted by molar-refractivity contribution is 0.00625. The van der Waals surface area contributed by atoms with Crippen LogP contribution < -0.4 is 4.74 Å². The number of ether oxygens (including phenoxy) is 2. The quantitative estimate of drug-likeness (QED) is 0.686. The van der Waals surface area contributed by atoms with Gasteiger partial charge in [-0.05, 0) is 31.4 Å². The lowest BCUT2D eigenvalue weighted by atomic mass is 10.1. The van der Waals surface area contributed by atoms with Crippen LogP contribution in [0.15, 0.2) is 42.9 Å². The molecule has 1 saturated heterocycles. The minimum absolute atomic E-state index is 0.281. The highest BCUT2D eigenvalue weighted by atomic mass is 32.1. The Morgan fingerprint density at radius 2 is 2.20 bits per heavy atom. The Labute approximate surface area is 151 Å². The molecule has 2 aromatic heterocycles. The second-order valence-corrected chi connectivity index (χ2v) is 7.15. The van der Waals surface area contributed by atoms with Gasteiger partial charge in [-0.1, -0.05) is 12.1 Å². The van der Waals surface area contributed by atoms with Crippen LogP contribution in [-0.4, -0.2) is 34.4 Å². The summed E-state index contributed by atoms with van der Waals surface area (Å²) in [4.78, 5) is 10.2. The van der Waals surface area contributed by atoms with Gasteiger partial charge in [0, 0.05) is 25.2 Å². The third-order valence-electron chi connectivity index (χ3n) is 4.45. The van der Waals surface area contributed by atoms with Crippen molar-refractivity contribution in [2.45, 2.75) is 31.9 Å². The minimum Gasteiger partial charge on any atom is -0.496 e. The fraction of sp³-hybridized carbons (Fsp3) is 0.368.